The quantitative estimate of drug-likeness (QED) is 0.762. The fourth-order valence-corrected chi connectivity index (χ4v) is 2.14. The molecule has 0 aliphatic carbocycles. The number of nitrogens with one attached hydrogen (secondary N) is 1. The summed E-state index contributed by atoms with van der Waals surface area (Å²) in [6.45, 7) is 1.70. The summed E-state index contributed by atoms with van der Waals surface area (Å²) >= 11 is 1.19. The molecule has 0 saturated heterocycles. The summed E-state index contributed by atoms with van der Waals surface area (Å²) in [4.78, 5) is 15.5. The predicted octanol–water partition coefficient (Wildman–Crippen LogP) is 2.13. The van der Waals surface area contributed by atoms with Gasteiger partial charge in [0.15, 0.2) is 0 Å². The summed E-state index contributed by atoms with van der Waals surface area (Å²) in [6.07, 6.45) is 1.84. The van der Waals surface area contributed by atoms with Crippen molar-refractivity contribution < 1.29 is 4.79 Å². The molecule has 0 unspecified atom stereocenters. The number of benzene rings is 1. The highest BCUT2D eigenvalue weighted by Crippen LogP contribution is 2.28. The summed E-state index contributed by atoms with van der Waals surface area (Å²) < 4.78 is 0. The molecule has 2 aromatic rings. The van der Waals surface area contributed by atoms with E-state index in [9.17, 15) is 4.79 Å². The van der Waals surface area contributed by atoms with Gasteiger partial charge in [0, 0.05) is 22.0 Å². The Labute approximate surface area is 92.0 Å². The number of aromatic amines is 1. The molecule has 0 aliphatic heterocycles. The maximum Gasteiger partial charge on any atom is 0.210 e. The third-order valence-corrected chi connectivity index (χ3v) is 3.26. The van der Waals surface area contributed by atoms with Gasteiger partial charge in [-0.25, -0.2) is 0 Å². The van der Waals surface area contributed by atoms with Crippen LogP contribution in [0, 0.1) is 0 Å². The number of rotatable bonds is 2. The fourth-order valence-electron chi connectivity index (χ4n) is 1.33. The second-order valence-electron chi connectivity index (χ2n) is 3.41. The fraction of sp³-hybridized carbons (Fsp3) is 0.182. The lowest BCUT2D eigenvalue weighted by Crippen LogP contribution is -2.23. The molecule has 3 N–H and O–H groups in total. The van der Waals surface area contributed by atoms with Gasteiger partial charge in [-0.3, -0.25) is 4.79 Å². The number of para-hydroxylation sites is 1. The Kier molecular flexibility index (Phi) is 2.79. The zero-order valence-corrected chi connectivity index (χ0v) is 9.17. The van der Waals surface area contributed by atoms with Crippen molar-refractivity contribution in [3.05, 3.63) is 30.5 Å². The van der Waals surface area contributed by atoms with E-state index in [1.165, 1.54) is 11.8 Å². The molecule has 0 bridgehead atoms. The standard InChI is InChI=1S/C11H12N2OS/c1-7(12)11(14)15-10-6-13-9-5-3-2-4-8(9)10/h2-7,13H,12H2,1H3/t7-/m0/s1. The molecule has 2 rings (SSSR count). The number of carbonyl (C=O) groups excluding carboxylic acids is 1. The molecular formula is C11H12N2OS. The smallest absolute Gasteiger partial charge is 0.210 e. The Bertz CT molecular complexity index is 490. The van der Waals surface area contributed by atoms with E-state index in [1.54, 1.807) is 6.92 Å². The molecule has 0 radical (unpaired) electrons. The molecule has 0 amide bonds. The SMILES string of the molecule is C[C@H](N)C(=O)Sc1c[nH]c2ccccc12. The van der Waals surface area contributed by atoms with Crippen molar-refractivity contribution in [2.75, 3.05) is 0 Å². The number of carbonyl (C=O) groups is 1. The number of hydrogen-bond acceptors (Lipinski definition) is 3. The number of nitrogens with two attached hydrogens (primary N) is 1. The van der Waals surface area contributed by atoms with Gasteiger partial charge in [-0.2, -0.15) is 0 Å². The number of fused-ring (bicyclic) bond motifs is 1. The Hall–Kier alpha value is -1.26. The van der Waals surface area contributed by atoms with E-state index in [4.69, 9.17) is 5.73 Å². The van der Waals surface area contributed by atoms with Crippen molar-refractivity contribution in [1.29, 1.82) is 0 Å². The van der Waals surface area contributed by atoms with Crippen LogP contribution in [0.2, 0.25) is 0 Å². The molecule has 4 heteroatoms. The first-order chi connectivity index (χ1) is 7.18. The van der Waals surface area contributed by atoms with Crippen LogP contribution in [0.5, 0.6) is 0 Å². The van der Waals surface area contributed by atoms with Crippen LogP contribution in [0.3, 0.4) is 0 Å². The Morgan fingerprint density at radius 2 is 2.20 bits per heavy atom. The first kappa shape index (κ1) is 10.3. The molecule has 0 saturated carbocycles. The molecule has 0 aliphatic rings. The summed E-state index contributed by atoms with van der Waals surface area (Å²) in [6, 6.07) is 7.46. The molecule has 78 valence electrons. The second-order valence-corrected chi connectivity index (χ2v) is 4.45. The minimum atomic E-state index is -0.427. The van der Waals surface area contributed by atoms with Crippen LogP contribution >= 0.6 is 11.8 Å². The van der Waals surface area contributed by atoms with E-state index >= 15 is 0 Å². The average Bonchev–Trinajstić information content (AvgIpc) is 2.62. The summed E-state index contributed by atoms with van der Waals surface area (Å²) in [7, 11) is 0. The molecule has 3 nitrogen and oxygen atoms in total. The molecule has 1 atom stereocenters. The Morgan fingerprint density at radius 3 is 2.93 bits per heavy atom. The summed E-state index contributed by atoms with van der Waals surface area (Å²) in [5, 5.41) is 1.05. The van der Waals surface area contributed by atoms with Gasteiger partial charge in [-0.15, -0.1) is 0 Å². The van der Waals surface area contributed by atoms with Crippen molar-refractivity contribution in [1.82, 2.24) is 4.98 Å². The maximum absolute atomic E-state index is 11.5. The molecule has 1 aromatic carbocycles. The van der Waals surface area contributed by atoms with Crippen molar-refractivity contribution in [2.45, 2.75) is 17.9 Å². The molecule has 1 heterocycles. The largest absolute Gasteiger partial charge is 0.360 e. The van der Waals surface area contributed by atoms with E-state index in [1.807, 2.05) is 30.5 Å². The summed E-state index contributed by atoms with van der Waals surface area (Å²) in [5.41, 5.74) is 6.56. The lowest BCUT2D eigenvalue weighted by atomic mass is 10.2. The van der Waals surface area contributed by atoms with Crippen molar-refractivity contribution in [3.8, 4) is 0 Å². The second kappa shape index (κ2) is 4.08. The van der Waals surface area contributed by atoms with Crippen molar-refractivity contribution >= 4 is 27.8 Å². The van der Waals surface area contributed by atoms with Gasteiger partial charge in [0.25, 0.3) is 0 Å². The summed E-state index contributed by atoms with van der Waals surface area (Å²) in [5.74, 6) is 0. The van der Waals surface area contributed by atoms with Gasteiger partial charge in [0.2, 0.25) is 5.12 Å². The highest BCUT2D eigenvalue weighted by Gasteiger charge is 2.12. The third-order valence-electron chi connectivity index (χ3n) is 2.13. The number of hydrogen-bond donors (Lipinski definition) is 2. The highest BCUT2D eigenvalue weighted by atomic mass is 32.2. The molecule has 0 fully saturated rings. The van der Waals surface area contributed by atoms with Gasteiger partial charge in [0.1, 0.15) is 0 Å². The van der Waals surface area contributed by atoms with Crippen LogP contribution in [0.15, 0.2) is 35.4 Å². The zero-order chi connectivity index (χ0) is 10.8. The van der Waals surface area contributed by atoms with Crippen LogP contribution in [0.1, 0.15) is 6.92 Å². The van der Waals surface area contributed by atoms with Crippen molar-refractivity contribution in [3.63, 3.8) is 0 Å². The predicted molar refractivity (Wildman–Crippen MR) is 62.8 cm³/mol. The average molecular weight is 220 g/mol. The van der Waals surface area contributed by atoms with Crippen LogP contribution < -0.4 is 5.73 Å². The topological polar surface area (TPSA) is 58.9 Å². The normalized spacial score (nSPS) is 12.9. The molecule has 0 spiro atoms. The monoisotopic (exact) mass is 220 g/mol. The van der Waals surface area contributed by atoms with Crippen LogP contribution in [-0.2, 0) is 4.79 Å². The van der Waals surface area contributed by atoms with Gasteiger partial charge in [0.05, 0.1) is 6.04 Å². The first-order valence-electron chi connectivity index (χ1n) is 4.72. The molecule has 15 heavy (non-hydrogen) atoms. The minimum absolute atomic E-state index is 0.0141. The van der Waals surface area contributed by atoms with Crippen LogP contribution in [0.25, 0.3) is 10.9 Å². The van der Waals surface area contributed by atoms with Gasteiger partial charge >= 0.3 is 0 Å². The number of thioether (sulfide) groups is 1. The lowest BCUT2D eigenvalue weighted by molar-refractivity contribution is -0.111. The van der Waals surface area contributed by atoms with E-state index in [2.05, 4.69) is 4.98 Å². The minimum Gasteiger partial charge on any atom is -0.360 e. The Morgan fingerprint density at radius 1 is 1.47 bits per heavy atom. The highest BCUT2D eigenvalue weighted by molar-refractivity contribution is 8.14. The van der Waals surface area contributed by atoms with Gasteiger partial charge < -0.3 is 10.7 Å². The first-order valence-corrected chi connectivity index (χ1v) is 5.53. The van der Waals surface area contributed by atoms with E-state index < -0.39 is 6.04 Å². The molecule has 1 aromatic heterocycles. The van der Waals surface area contributed by atoms with E-state index in [0.717, 1.165) is 15.8 Å². The lowest BCUT2D eigenvalue weighted by Gasteiger charge is -2.01. The van der Waals surface area contributed by atoms with Gasteiger partial charge in [-0.05, 0) is 24.8 Å². The van der Waals surface area contributed by atoms with Gasteiger partial charge in [-0.1, -0.05) is 18.2 Å². The van der Waals surface area contributed by atoms with Crippen LogP contribution in [0.4, 0.5) is 0 Å². The van der Waals surface area contributed by atoms with Crippen LogP contribution in [-0.4, -0.2) is 16.1 Å². The zero-order valence-electron chi connectivity index (χ0n) is 8.36. The number of aromatic nitrogens is 1. The van der Waals surface area contributed by atoms with E-state index in [0.29, 0.717) is 0 Å². The number of H-pyrrole nitrogens is 1. The van der Waals surface area contributed by atoms with Crippen molar-refractivity contribution in [2.24, 2.45) is 5.73 Å². The maximum atomic E-state index is 11.5. The Balaban J connectivity index is 2.33. The third kappa shape index (κ3) is 2.06. The molecular weight excluding hydrogens is 208 g/mol. The van der Waals surface area contributed by atoms with E-state index in [-0.39, 0.29) is 5.12 Å².